The van der Waals surface area contributed by atoms with Gasteiger partial charge in [-0.3, -0.25) is 13.6 Å². The van der Waals surface area contributed by atoms with Gasteiger partial charge in [-0.2, -0.15) is 0 Å². The first kappa shape index (κ1) is 59.2. The van der Waals surface area contributed by atoms with Gasteiger partial charge in [0.25, 0.3) is 0 Å². The summed E-state index contributed by atoms with van der Waals surface area (Å²) in [6.07, 6.45) is 2.48. The lowest BCUT2D eigenvalue weighted by atomic mass is 10.1. The molecule has 6 aromatic rings. The van der Waals surface area contributed by atoms with Gasteiger partial charge in [-0.15, -0.1) is 0 Å². The Labute approximate surface area is 474 Å². The van der Waals surface area contributed by atoms with E-state index < -0.39 is 56.6 Å². The monoisotopic (exact) mass is 1170 g/mol. The van der Waals surface area contributed by atoms with Gasteiger partial charge in [-0.1, -0.05) is 112 Å². The summed E-state index contributed by atoms with van der Waals surface area (Å²) in [6.45, 7) is 12.5. The third-order valence-corrected chi connectivity index (χ3v) is 20.6. The largest absolute Gasteiger partial charge is 0.481 e. The third-order valence-electron chi connectivity index (χ3n) is 14.7. The molecule has 3 fully saturated rings. The molecule has 3 aliphatic carbocycles. The van der Waals surface area contributed by atoms with Crippen LogP contribution in [0.5, 0.6) is 0 Å². The van der Waals surface area contributed by atoms with Crippen LogP contribution in [-0.2, 0) is 67.5 Å². The van der Waals surface area contributed by atoms with Crippen molar-refractivity contribution < 1.29 is 43.4 Å². The van der Waals surface area contributed by atoms with E-state index in [0.29, 0.717) is 89.3 Å². The number of benzene rings is 6. The molecular formula is C60H75N6O10PS3. The Hall–Kier alpha value is -5.44. The number of aryl methyl sites for hydroxylation is 3. The van der Waals surface area contributed by atoms with Gasteiger partial charge in [-0.05, 0) is 150 Å². The number of anilines is 3. The normalized spacial score (nSPS) is 16.8. The quantitative estimate of drug-likeness (QED) is 0.0285. The number of nitrogens with zero attached hydrogens (tertiary/aromatic N) is 3. The minimum absolute atomic E-state index is 0.0924. The standard InChI is InChI=1S/C60H75N6O10PS3/c1-7-43-40-52(78(68,69)61-49-28-29-49)34-37-55(43)64(10-4)58(46-22-16-13-17-23-46)74-77(67,75-59(47-24-18-14-19-25-47)65(11-5)56-38-35-53(41-44(56)8-2)79(70,71)62-50-30-31-50)76-60(48-26-20-15-21-27-48)66(12-6)57-39-36-54(42-45(57)9-3)80(72,73)63-51-32-33-51/h13-27,34-42,49-51,58-63H,7-12,28-33H2,1-6H3. The Morgan fingerprint density at radius 2 is 0.662 bits per heavy atom. The molecule has 20 heteroatoms. The van der Waals surface area contributed by atoms with E-state index in [2.05, 4.69) is 14.2 Å². The van der Waals surface area contributed by atoms with Crippen LogP contribution in [0, 0.1) is 0 Å². The van der Waals surface area contributed by atoms with Gasteiger partial charge in [0.1, 0.15) is 0 Å². The molecule has 3 N–H and O–H groups in total. The summed E-state index contributed by atoms with van der Waals surface area (Å²) in [5.74, 6) is 0. The van der Waals surface area contributed by atoms with E-state index in [0.717, 1.165) is 38.5 Å². The van der Waals surface area contributed by atoms with E-state index in [1.807, 2.05) is 147 Å². The molecule has 3 saturated carbocycles. The van der Waals surface area contributed by atoms with Crippen molar-refractivity contribution in [1.29, 1.82) is 0 Å². The van der Waals surface area contributed by atoms with Gasteiger partial charge in [0.15, 0.2) is 18.7 Å². The molecule has 9 rings (SSSR count). The second-order valence-corrected chi connectivity index (χ2v) is 27.2. The highest BCUT2D eigenvalue weighted by Gasteiger charge is 2.44. The van der Waals surface area contributed by atoms with Crippen molar-refractivity contribution in [1.82, 2.24) is 14.2 Å². The number of phosphoric acid groups is 1. The maximum absolute atomic E-state index is 17.3. The van der Waals surface area contributed by atoms with Gasteiger partial charge in [-0.25, -0.2) is 44.0 Å². The molecule has 428 valence electrons. The van der Waals surface area contributed by atoms with Crippen molar-refractivity contribution in [2.75, 3.05) is 34.3 Å². The number of rotatable bonds is 30. The summed E-state index contributed by atoms with van der Waals surface area (Å²) in [4.78, 5) is 6.19. The smallest absolute Gasteiger partial charge is 0.342 e. The molecule has 0 saturated heterocycles. The van der Waals surface area contributed by atoms with E-state index in [1.165, 1.54) is 0 Å². The highest BCUT2D eigenvalue weighted by molar-refractivity contribution is 7.90. The van der Waals surface area contributed by atoms with Crippen LogP contribution in [0.15, 0.2) is 160 Å². The molecule has 0 spiro atoms. The van der Waals surface area contributed by atoms with E-state index in [1.54, 1.807) is 54.6 Å². The molecule has 0 aromatic heterocycles. The average Bonchev–Trinajstić information content (AvgIpc) is 4.40. The zero-order chi connectivity index (χ0) is 56.8. The molecule has 16 nitrogen and oxygen atoms in total. The summed E-state index contributed by atoms with van der Waals surface area (Å²) < 4.78 is 129. The molecule has 0 heterocycles. The molecule has 3 aliphatic rings. The van der Waals surface area contributed by atoms with Crippen molar-refractivity contribution in [2.45, 2.75) is 151 Å². The number of phosphoric ester groups is 1. The van der Waals surface area contributed by atoms with Crippen molar-refractivity contribution in [3.05, 3.63) is 179 Å². The first-order valence-corrected chi connectivity index (χ1v) is 33.9. The van der Waals surface area contributed by atoms with Crippen molar-refractivity contribution in [3.63, 3.8) is 0 Å². The lowest BCUT2D eigenvalue weighted by Crippen LogP contribution is -2.36. The third kappa shape index (κ3) is 14.1. The lowest BCUT2D eigenvalue weighted by molar-refractivity contribution is 0.0266. The van der Waals surface area contributed by atoms with E-state index in [4.69, 9.17) is 13.6 Å². The van der Waals surface area contributed by atoms with Gasteiger partial charge in [0, 0.05) is 71.5 Å². The molecule has 80 heavy (non-hydrogen) atoms. The number of nitrogens with one attached hydrogen (secondary N) is 3. The topological polar surface area (TPSA) is 193 Å². The summed E-state index contributed by atoms with van der Waals surface area (Å²) in [5.41, 5.74) is 5.84. The summed E-state index contributed by atoms with van der Waals surface area (Å²) in [6, 6.07) is 42.8. The number of hydrogen-bond acceptors (Lipinski definition) is 13. The molecular weight excluding hydrogens is 1090 g/mol. The Kier molecular flexibility index (Phi) is 18.8. The second-order valence-electron chi connectivity index (χ2n) is 20.5. The summed E-state index contributed by atoms with van der Waals surface area (Å²) >= 11 is 0. The van der Waals surface area contributed by atoms with Crippen LogP contribution in [0.1, 0.15) is 132 Å². The molecule has 0 radical (unpaired) electrons. The average molecular weight is 1170 g/mol. The van der Waals surface area contributed by atoms with Gasteiger partial charge < -0.3 is 14.7 Å². The number of sulfonamides is 3. The predicted molar refractivity (Wildman–Crippen MR) is 315 cm³/mol. The fourth-order valence-electron chi connectivity index (χ4n) is 9.92. The van der Waals surface area contributed by atoms with Crippen molar-refractivity contribution in [3.8, 4) is 0 Å². The van der Waals surface area contributed by atoms with Crippen LogP contribution in [-0.4, -0.2) is 63.0 Å². The van der Waals surface area contributed by atoms with Crippen LogP contribution >= 0.6 is 7.82 Å². The van der Waals surface area contributed by atoms with Crippen LogP contribution in [0.3, 0.4) is 0 Å². The van der Waals surface area contributed by atoms with Crippen LogP contribution in [0.2, 0.25) is 0 Å². The molecule has 3 unspecified atom stereocenters. The number of hydrogen-bond donors (Lipinski definition) is 3. The Morgan fingerprint density at radius 3 is 0.875 bits per heavy atom. The summed E-state index contributed by atoms with van der Waals surface area (Å²) in [5, 5.41) is 0. The zero-order valence-electron chi connectivity index (χ0n) is 46.4. The Bertz CT molecular complexity index is 3120. The lowest BCUT2D eigenvalue weighted by Gasteiger charge is -2.41. The predicted octanol–water partition coefficient (Wildman–Crippen LogP) is 11.8. The highest BCUT2D eigenvalue weighted by Crippen LogP contribution is 2.61. The van der Waals surface area contributed by atoms with Gasteiger partial charge >= 0.3 is 7.82 Å². The first-order valence-electron chi connectivity index (χ1n) is 28.0. The minimum Gasteiger partial charge on any atom is -0.342 e. The van der Waals surface area contributed by atoms with E-state index >= 15 is 4.57 Å². The van der Waals surface area contributed by atoms with Crippen LogP contribution in [0.4, 0.5) is 17.1 Å². The molecule has 6 aromatic carbocycles. The van der Waals surface area contributed by atoms with E-state index in [9.17, 15) is 25.3 Å². The first-order chi connectivity index (χ1) is 38.4. The molecule has 0 bridgehead atoms. The second kappa shape index (κ2) is 25.4. The Balaban J connectivity index is 1.21. The van der Waals surface area contributed by atoms with Crippen molar-refractivity contribution in [2.24, 2.45) is 0 Å². The fourth-order valence-corrected chi connectivity index (χ4v) is 15.6. The van der Waals surface area contributed by atoms with Crippen LogP contribution < -0.4 is 28.9 Å². The zero-order valence-corrected chi connectivity index (χ0v) is 49.7. The SMILES string of the molecule is CCc1cc(S(=O)(=O)NC2CC2)ccc1N(CC)C(OP(=O)(OC(c1ccccc1)N(CC)c1ccc(S(=O)(=O)NC2CC2)cc1CC)OC(c1ccccc1)N(CC)c1ccc(S(=O)(=O)NC2CC2)cc1CC)c1ccccc1. The van der Waals surface area contributed by atoms with Crippen LogP contribution in [0.25, 0.3) is 0 Å². The van der Waals surface area contributed by atoms with E-state index in [-0.39, 0.29) is 32.8 Å². The molecule has 3 atom stereocenters. The van der Waals surface area contributed by atoms with Gasteiger partial charge in [0.2, 0.25) is 30.1 Å². The maximum atomic E-state index is 17.3. The van der Waals surface area contributed by atoms with Gasteiger partial charge in [0.05, 0.1) is 14.7 Å². The summed E-state index contributed by atoms with van der Waals surface area (Å²) in [7, 11) is -16.6. The molecule has 0 aliphatic heterocycles. The Morgan fingerprint density at radius 1 is 0.412 bits per heavy atom. The maximum Gasteiger partial charge on any atom is 0.481 e. The fraction of sp³-hybridized carbons (Fsp3) is 0.400. The minimum atomic E-state index is -5.10. The highest BCUT2D eigenvalue weighted by atomic mass is 32.2. The molecule has 0 amide bonds. The van der Waals surface area contributed by atoms with Crippen molar-refractivity contribution >= 4 is 55.0 Å².